The van der Waals surface area contributed by atoms with Crippen molar-refractivity contribution in [1.82, 2.24) is 20.1 Å². The lowest BCUT2D eigenvalue weighted by Gasteiger charge is -2.12. The topological polar surface area (TPSA) is 85.1 Å². The maximum absolute atomic E-state index is 12.5. The molecular formula is C20H20N4O3S2. The van der Waals surface area contributed by atoms with Gasteiger partial charge in [0.15, 0.2) is 21.9 Å². The number of amides is 1. The predicted molar refractivity (Wildman–Crippen MR) is 115 cm³/mol. The third-order valence-electron chi connectivity index (χ3n) is 4.61. The van der Waals surface area contributed by atoms with Crippen molar-refractivity contribution in [1.29, 1.82) is 0 Å². The van der Waals surface area contributed by atoms with Gasteiger partial charge in [-0.2, -0.15) is 5.10 Å². The number of furan rings is 1. The molecule has 1 amide bonds. The summed E-state index contributed by atoms with van der Waals surface area (Å²) in [5.41, 5.74) is 0.677. The molecule has 0 spiro atoms. The molecule has 0 saturated heterocycles. The number of aromatic nitrogens is 3. The highest BCUT2D eigenvalue weighted by Crippen LogP contribution is 2.31. The molecule has 150 valence electrons. The van der Waals surface area contributed by atoms with Gasteiger partial charge in [-0.15, -0.1) is 11.3 Å². The first kappa shape index (κ1) is 19.4. The summed E-state index contributed by atoms with van der Waals surface area (Å²) in [4.78, 5) is 13.5. The number of ether oxygens (including phenoxy) is 1. The number of nitrogens with zero attached hydrogens (tertiary/aromatic N) is 2. The zero-order valence-corrected chi connectivity index (χ0v) is 17.6. The SMILES string of the molecule is COc1cccc2cc(C(C)NC(=O)CCn3c(-c4cccs4)n[nH]c3=S)oc12. The number of H-pyrrole nitrogens is 1. The normalized spacial score (nSPS) is 12.2. The van der Waals surface area contributed by atoms with Crippen LogP contribution in [0.2, 0.25) is 0 Å². The monoisotopic (exact) mass is 428 g/mol. The van der Waals surface area contributed by atoms with Gasteiger partial charge in [0.25, 0.3) is 0 Å². The van der Waals surface area contributed by atoms with Crippen LogP contribution in [0.3, 0.4) is 0 Å². The zero-order valence-electron chi connectivity index (χ0n) is 16.0. The zero-order chi connectivity index (χ0) is 20.4. The predicted octanol–water partition coefficient (Wildman–Crippen LogP) is 4.69. The maximum Gasteiger partial charge on any atom is 0.222 e. The third kappa shape index (κ3) is 3.96. The van der Waals surface area contributed by atoms with E-state index in [4.69, 9.17) is 21.4 Å². The van der Waals surface area contributed by atoms with Crippen molar-refractivity contribution in [2.24, 2.45) is 0 Å². The number of rotatable bonds is 7. The summed E-state index contributed by atoms with van der Waals surface area (Å²) in [6.45, 7) is 2.33. The smallest absolute Gasteiger partial charge is 0.222 e. The van der Waals surface area contributed by atoms with Crippen LogP contribution >= 0.6 is 23.6 Å². The highest BCUT2D eigenvalue weighted by molar-refractivity contribution is 7.71. The summed E-state index contributed by atoms with van der Waals surface area (Å²) >= 11 is 6.89. The minimum atomic E-state index is -0.270. The molecule has 0 fully saturated rings. The molecule has 3 aromatic heterocycles. The lowest BCUT2D eigenvalue weighted by atomic mass is 10.2. The van der Waals surface area contributed by atoms with Gasteiger partial charge >= 0.3 is 0 Å². The fourth-order valence-corrected chi connectivity index (χ4v) is 4.09. The van der Waals surface area contributed by atoms with E-state index >= 15 is 0 Å². The number of hydrogen-bond acceptors (Lipinski definition) is 6. The number of aromatic amines is 1. The number of thiophene rings is 1. The van der Waals surface area contributed by atoms with Crippen molar-refractivity contribution >= 4 is 40.4 Å². The van der Waals surface area contributed by atoms with E-state index < -0.39 is 0 Å². The van der Waals surface area contributed by atoms with Crippen LogP contribution in [0.25, 0.3) is 21.7 Å². The van der Waals surface area contributed by atoms with E-state index in [0.717, 1.165) is 16.1 Å². The first-order valence-corrected chi connectivity index (χ1v) is 10.4. The maximum atomic E-state index is 12.5. The van der Waals surface area contributed by atoms with Crippen LogP contribution in [-0.4, -0.2) is 27.8 Å². The first-order chi connectivity index (χ1) is 14.1. The average Bonchev–Trinajstić information content (AvgIpc) is 3.45. The van der Waals surface area contributed by atoms with Crippen molar-refractivity contribution in [2.75, 3.05) is 7.11 Å². The van der Waals surface area contributed by atoms with Crippen molar-refractivity contribution in [3.63, 3.8) is 0 Å². The number of carbonyl (C=O) groups is 1. The quantitative estimate of drug-likeness (QED) is 0.417. The lowest BCUT2D eigenvalue weighted by molar-refractivity contribution is -0.122. The van der Waals surface area contributed by atoms with E-state index in [1.54, 1.807) is 18.4 Å². The Bertz CT molecular complexity index is 1190. The Morgan fingerprint density at radius 1 is 1.41 bits per heavy atom. The van der Waals surface area contributed by atoms with E-state index in [2.05, 4.69) is 15.5 Å². The molecule has 0 radical (unpaired) electrons. The highest BCUT2D eigenvalue weighted by atomic mass is 32.1. The number of para-hydroxylation sites is 1. The van der Waals surface area contributed by atoms with Gasteiger partial charge in [-0.25, -0.2) is 0 Å². The molecular weight excluding hydrogens is 408 g/mol. The first-order valence-electron chi connectivity index (χ1n) is 9.11. The van der Waals surface area contributed by atoms with Gasteiger partial charge in [0.1, 0.15) is 5.76 Å². The van der Waals surface area contributed by atoms with Crippen LogP contribution in [0.15, 0.2) is 46.2 Å². The summed E-state index contributed by atoms with van der Waals surface area (Å²) in [5, 5.41) is 13.0. The van der Waals surface area contributed by atoms with Crippen LogP contribution < -0.4 is 10.1 Å². The van der Waals surface area contributed by atoms with Crippen LogP contribution in [0, 0.1) is 4.77 Å². The molecule has 4 rings (SSSR count). The van der Waals surface area contributed by atoms with Crippen molar-refractivity contribution in [3.05, 3.63) is 52.3 Å². The summed E-state index contributed by atoms with van der Waals surface area (Å²) in [6, 6.07) is 11.3. The molecule has 1 unspecified atom stereocenters. The minimum Gasteiger partial charge on any atom is -0.493 e. The molecule has 2 N–H and O–H groups in total. The van der Waals surface area contributed by atoms with Crippen LogP contribution in [-0.2, 0) is 11.3 Å². The molecule has 4 aromatic rings. The highest BCUT2D eigenvalue weighted by Gasteiger charge is 2.17. The molecule has 0 aliphatic heterocycles. The Balaban J connectivity index is 1.43. The van der Waals surface area contributed by atoms with E-state index in [1.807, 2.05) is 53.3 Å². The summed E-state index contributed by atoms with van der Waals surface area (Å²) < 4.78 is 13.6. The number of carbonyl (C=O) groups excluding carboxylic acids is 1. The van der Waals surface area contributed by atoms with Gasteiger partial charge in [-0.3, -0.25) is 14.5 Å². The molecule has 1 atom stereocenters. The number of methoxy groups -OCH3 is 1. The number of hydrogen-bond donors (Lipinski definition) is 2. The van der Waals surface area contributed by atoms with Crippen LogP contribution in [0.5, 0.6) is 5.75 Å². The molecule has 0 aliphatic rings. The van der Waals surface area contributed by atoms with E-state index in [-0.39, 0.29) is 18.4 Å². The van der Waals surface area contributed by atoms with Crippen molar-refractivity contribution in [2.45, 2.75) is 25.9 Å². The fraction of sp³-hybridized carbons (Fsp3) is 0.250. The minimum absolute atomic E-state index is 0.0925. The van der Waals surface area contributed by atoms with Gasteiger partial charge in [0.2, 0.25) is 5.91 Å². The van der Waals surface area contributed by atoms with Crippen molar-refractivity contribution < 1.29 is 13.9 Å². The van der Waals surface area contributed by atoms with Gasteiger partial charge in [-0.1, -0.05) is 18.2 Å². The lowest BCUT2D eigenvalue weighted by Crippen LogP contribution is -2.27. The van der Waals surface area contributed by atoms with Gasteiger partial charge in [0, 0.05) is 18.4 Å². The van der Waals surface area contributed by atoms with E-state index in [9.17, 15) is 4.79 Å². The average molecular weight is 429 g/mol. The Morgan fingerprint density at radius 3 is 3.03 bits per heavy atom. The number of benzene rings is 1. The molecule has 29 heavy (non-hydrogen) atoms. The summed E-state index contributed by atoms with van der Waals surface area (Å²) in [6.07, 6.45) is 0.278. The molecule has 0 aliphatic carbocycles. The second kappa shape index (κ2) is 8.22. The Labute approximate surface area is 176 Å². The molecule has 0 saturated carbocycles. The molecule has 9 heteroatoms. The second-order valence-corrected chi connectivity index (χ2v) is 7.88. The van der Waals surface area contributed by atoms with E-state index in [0.29, 0.717) is 28.4 Å². The Hall–Kier alpha value is -2.91. The third-order valence-corrected chi connectivity index (χ3v) is 5.79. The van der Waals surface area contributed by atoms with Gasteiger partial charge in [0.05, 0.1) is 18.0 Å². The number of fused-ring (bicyclic) bond motifs is 1. The Kier molecular flexibility index (Phi) is 5.50. The standard InChI is InChI=1S/C20H20N4O3S2/c1-12(15-11-13-5-3-6-14(26-2)18(13)27-15)21-17(25)8-9-24-19(22-23-20(24)28)16-7-4-10-29-16/h3-7,10-12H,8-9H2,1-2H3,(H,21,25)(H,23,28). The molecule has 0 bridgehead atoms. The fourth-order valence-electron chi connectivity index (χ4n) is 3.15. The Morgan fingerprint density at radius 2 is 2.28 bits per heavy atom. The van der Waals surface area contributed by atoms with Crippen molar-refractivity contribution in [3.8, 4) is 16.5 Å². The largest absolute Gasteiger partial charge is 0.493 e. The van der Waals surface area contributed by atoms with Gasteiger partial charge in [-0.05, 0) is 42.7 Å². The van der Waals surface area contributed by atoms with Gasteiger partial charge < -0.3 is 14.5 Å². The van der Waals surface area contributed by atoms with Crippen LogP contribution in [0.4, 0.5) is 0 Å². The second-order valence-electron chi connectivity index (χ2n) is 6.55. The summed E-state index contributed by atoms with van der Waals surface area (Å²) in [5.74, 6) is 2.00. The van der Waals surface area contributed by atoms with E-state index in [1.165, 1.54) is 0 Å². The molecule has 7 nitrogen and oxygen atoms in total. The number of nitrogens with one attached hydrogen (secondary N) is 2. The molecule has 1 aromatic carbocycles. The summed E-state index contributed by atoms with van der Waals surface area (Å²) in [7, 11) is 1.60. The van der Waals surface area contributed by atoms with Crippen LogP contribution in [0.1, 0.15) is 25.1 Å². The molecule has 3 heterocycles.